The molecule has 108 valence electrons. The highest BCUT2D eigenvalue weighted by Crippen LogP contribution is 2.26. The van der Waals surface area contributed by atoms with Crippen LogP contribution in [0.5, 0.6) is 0 Å². The van der Waals surface area contributed by atoms with Crippen LogP contribution in [0.15, 0.2) is 29.2 Å². The van der Waals surface area contributed by atoms with E-state index in [1.165, 1.54) is 0 Å². The predicted octanol–water partition coefficient (Wildman–Crippen LogP) is 2.89. The van der Waals surface area contributed by atoms with E-state index < -0.39 is 9.84 Å². The molecule has 19 heavy (non-hydrogen) atoms. The summed E-state index contributed by atoms with van der Waals surface area (Å²) >= 11 is 0. The zero-order valence-corrected chi connectivity index (χ0v) is 13.1. The lowest BCUT2D eigenvalue weighted by Crippen LogP contribution is -2.24. The molecule has 0 spiro atoms. The number of rotatable bonds is 5. The van der Waals surface area contributed by atoms with Crippen LogP contribution in [-0.4, -0.2) is 20.2 Å². The molecule has 0 bridgehead atoms. The molecule has 1 aromatic rings. The molecule has 0 aliphatic heterocycles. The zero-order valence-electron chi connectivity index (χ0n) is 12.3. The predicted molar refractivity (Wildman–Crippen MR) is 80.1 cm³/mol. The van der Waals surface area contributed by atoms with E-state index in [1.807, 2.05) is 19.1 Å². The number of sulfone groups is 1. The highest BCUT2D eigenvalue weighted by Gasteiger charge is 2.25. The van der Waals surface area contributed by atoms with Crippen molar-refractivity contribution in [1.29, 1.82) is 0 Å². The van der Waals surface area contributed by atoms with Gasteiger partial charge in [-0.15, -0.1) is 0 Å². The van der Waals surface area contributed by atoms with Crippen LogP contribution >= 0.6 is 0 Å². The first kappa shape index (κ1) is 16.2. The van der Waals surface area contributed by atoms with E-state index >= 15 is 0 Å². The van der Waals surface area contributed by atoms with Gasteiger partial charge in [-0.3, -0.25) is 0 Å². The van der Waals surface area contributed by atoms with Gasteiger partial charge in [0.15, 0.2) is 9.84 Å². The van der Waals surface area contributed by atoms with Crippen LogP contribution in [0.3, 0.4) is 0 Å². The Morgan fingerprint density at radius 1 is 1.16 bits per heavy atom. The third-order valence-corrected chi connectivity index (χ3v) is 5.81. The largest absolute Gasteiger partial charge is 0.330 e. The summed E-state index contributed by atoms with van der Waals surface area (Å²) in [6, 6.07) is 7.24. The summed E-state index contributed by atoms with van der Waals surface area (Å²) in [6.45, 7) is 8.62. The first-order valence-corrected chi connectivity index (χ1v) is 8.32. The fraction of sp³-hybridized carbons (Fsp3) is 0.600. The average Bonchev–Trinajstić information content (AvgIpc) is 2.34. The second kappa shape index (κ2) is 6.06. The minimum Gasteiger partial charge on any atom is -0.330 e. The molecule has 4 heteroatoms. The number of hydrogen-bond acceptors (Lipinski definition) is 3. The van der Waals surface area contributed by atoms with E-state index in [-0.39, 0.29) is 10.7 Å². The van der Waals surface area contributed by atoms with E-state index in [2.05, 4.69) is 20.8 Å². The van der Waals surface area contributed by atoms with Crippen molar-refractivity contribution >= 4 is 9.84 Å². The third kappa shape index (κ3) is 3.80. The van der Waals surface area contributed by atoms with E-state index in [1.54, 1.807) is 12.1 Å². The van der Waals surface area contributed by atoms with Crippen LogP contribution in [0.2, 0.25) is 0 Å². The van der Waals surface area contributed by atoms with Crippen molar-refractivity contribution in [1.82, 2.24) is 0 Å². The van der Waals surface area contributed by atoms with Crippen LogP contribution in [0, 0.1) is 0 Å². The molecule has 0 saturated heterocycles. The molecular weight excluding hydrogens is 258 g/mol. The normalized spacial score (nSPS) is 14.4. The van der Waals surface area contributed by atoms with Gasteiger partial charge in [0.05, 0.1) is 10.1 Å². The van der Waals surface area contributed by atoms with Gasteiger partial charge in [0.2, 0.25) is 0 Å². The van der Waals surface area contributed by atoms with Crippen molar-refractivity contribution in [3.63, 3.8) is 0 Å². The monoisotopic (exact) mass is 283 g/mol. The van der Waals surface area contributed by atoms with Crippen LogP contribution in [0.1, 0.15) is 46.1 Å². The first-order valence-electron chi connectivity index (χ1n) is 6.78. The number of nitrogens with two attached hydrogens (primary N) is 1. The summed E-state index contributed by atoms with van der Waals surface area (Å²) in [5.41, 5.74) is 6.67. The fourth-order valence-corrected chi connectivity index (χ4v) is 3.89. The topological polar surface area (TPSA) is 60.2 Å². The second-order valence-electron chi connectivity index (χ2n) is 5.93. The minimum absolute atomic E-state index is 0.0315. The summed E-state index contributed by atoms with van der Waals surface area (Å²) in [4.78, 5) is 0.404. The Labute approximate surface area is 117 Å². The first-order chi connectivity index (χ1) is 8.73. The Bertz CT molecular complexity index is 498. The minimum atomic E-state index is -3.26. The highest BCUT2D eigenvalue weighted by molar-refractivity contribution is 7.92. The average molecular weight is 283 g/mol. The molecule has 2 N–H and O–H groups in total. The van der Waals surface area contributed by atoms with Crippen LogP contribution < -0.4 is 5.73 Å². The number of hydrogen-bond donors (Lipinski definition) is 1. The van der Waals surface area contributed by atoms with Crippen molar-refractivity contribution in [3.8, 4) is 0 Å². The molecule has 1 unspecified atom stereocenters. The maximum Gasteiger partial charge on any atom is 0.181 e. The summed E-state index contributed by atoms with van der Waals surface area (Å²) in [5, 5.41) is -0.377. The number of benzene rings is 1. The molecule has 0 aromatic heterocycles. The summed E-state index contributed by atoms with van der Waals surface area (Å²) in [5.74, 6) is 0. The van der Waals surface area contributed by atoms with E-state index in [0.717, 1.165) is 5.56 Å². The summed E-state index contributed by atoms with van der Waals surface area (Å²) < 4.78 is 24.9. The van der Waals surface area contributed by atoms with Crippen molar-refractivity contribution in [2.45, 2.75) is 56.1 Å². The second-order valence-corrected chi connectivity index (χ2v) is 8.16. The zero-order chi connectivity index (χ0) is 14.7. The molecule has 0 saturated carbocycles. The lowest BCUT2D eigenvalue weighted by molar-refractivity contribution is 0.566. The molecule has 0 aliphatic rings. The Balaban J connectivity index is 3.09. The van der Waals surface area contributed by atoms with E-state index in [0.29, 0.717) is 24.3 Å². The molecule has 0 amide bonds. The van der Waals surface area contributed by atoms with Crippen molar-refractivity contribution in [3.05, 3.63) is 29.8 Å². The van der Waals surface area contributed by atoms with Gasteiger partial charge in [-0.2, -0.15) is 0 Å². The molecule has 3 nitrogen and oxygen atoms in total. The molecular formula is C15H25NO2S. The van der Waals surface area contributed by atoms with Crippen molar-refractivity contribution in [2.24, 2.45) is 5.73 Å². The highest BCUT2D eigenvalue weighted by atomic mass is 32.2. The maximum atomic E-state index is 12.5. The van der Waals surface area contributed by atoms with Crippen molar-refractivity contribution in [2.75, 3.05) is 6.54 Å². The molecule has 1 rings (SSSR count). The standard InChI is InChI=1S/C15H25NO2S/c1-5-13(10-11-16)19(17,18)14-8-6-12(7-9-14)15(2,3)4/h6-9,13H,5,10-11,16H2,1-4H3. The lowest BCUT2D eigenvalue weighted by Gasteiger charge is -2.20. The Hall–Kier alpha value is -0.870. The van der Waals surface area contributed by atoms with Gasteiger partial charge in [0.25, 0.3) is 0 Å². The Kier molecular flexibility index (Phi) is 5.16. The maximum absolute atomic E-state index is 12.5. The fourth-order valence-electron chi connectivity index (χ4n) is 2.10. The Morgan fingerprint density at radius 3 is 2.05 bits per heavy atom. The van der Waals surface area contributed by atoms with Gasteiger partial charge < -0.3 is 5.73 Å². The Morgan fingerprint density at radius 2 is 1.68 bits per heavy atom. The van der Waals surface area contributed by atoms with Crippen LogP contribution in [0.25, 0.3) is 0 Å². The van der Waals surface area contributed by atoms with Gasteiger partial charge in [-0.05, 0) is 42.5 Å². The SMILES string of the molecule is CCC(CCN)S(=O)(=O)c1ccc(C(C)(C)C)cc1. The molecule has 0 heterocycles. The van der Waals surface area contributed by atoms with Gasteiger partial charge in [0.1, 0.15) is 0 Å². The third-order valence-electron chi connectivity index (χ3n) is 3.43. The van der Waals surface area contributed by atoms with Gasteiger partial charge in [-0.1, -0.05) is 39.8 Å². The van der Waals surface area contributed by atoms with Gasteiger partial charge >= 0.3 is 0 Å². The van der Waals surface area contributed by atoms with Gasteiger partial charge in [-0.25, -0.2) is 8.42 Å². The quantitative estimate of drug-likeness (QED) is 0.904. The van der Waals surface area contributed by atoms with Crippen LogP contribution in [-0.2, 0) is 15.3 Å². The van der Waals surface area contributed by atoms with Gasteiger partial charge in [0, 0.05) is 0 Å². The van der Waals surface area contributed by atoms with Crippen LogP contribution in [0.4, 0.5) is 0 Å². The molecule has 0 radical (unpaired) electrons. The van der Waals surface area contributed by atoms with E-state index in [4.69, 9.17) is 5.73 Å². The summed E-state index contributed by atoms with van der Waals surface area (Å²) in [7, 11) is -3.26. The van der Waals surface area contributed by atoms with Crippen molar-refractivity contribution < 1.29 is 8.42 Å². The molecule has 0 fully saturated rings. The molecule has 0 aliphatic carbocycles. The lowest BCUT2D eigenvalue weighted by atomic mass is 9.87. The smallest absolute Gasteiger partial charge is 0.181 e. The molecule has 1 aromatic carbocycles. The molecule has 1 atom stereocenters. The van der Waals surface area contributed by atoms with E-state index in [9.17, 15) is 8.42 Å². The summed E-state index contributed by atoms with van der Waals surface area (Å²) in [6.07, 6.45) is 1.11.